The summed E-state index contributed by atoms with van der Waals surface area (Å²) in [6.07, 6.45) is 3.30. The van der Waals surface area contributed by atoms with E-state index < -0.39 is 67.1 Å². The SMILES string of the molecule is C#C[C@@]1(O)[C@H](O)[C@@H](COP(=S)(NC(C)C(=O)OC(C)C)Oc2ccc(F)c(Cl)c2)O[C@H]1N1C=CC(=O)NC1=C. The van der Waals surface area contributed by atoms with Crippen molar-refractivity contribution in [3.05, 3.63) is 53.7 Å². The van der Waals surface area contributed by atoms with Gasteiger partial charge in [0.2, 0.25) is 0 Å². The molecule has 1 aromatic carbocycles. The molecule has 1 saturated heterocycles. The highest BCUT2D eigenvalue weighted by molar-refractivity contribution is 8.09. The molecule has 1 fully saturated rings. The zero-order valence-electron chi connectivity index (χ0n) is 21.2. The summed E-state index contributed by atoms with van der Waals surface area (Å²) in [7, 11) is 0. The number of halogens is 2. The molecule has 2 aliphatic rings. The maximum Gasteiger partial charge on any atom is 0.323 e. The van der Waals surface area contributed by atoms with Crippen molar-refractivity contribution in [2.24, 2.45) is 0 Å². The van der Waals surface area contributed by atoms with Gasteiger partial charge in [-0.1, -0.05) is 24.1 Å². The number of aliphatic hydroxyl groups is 2. The van der Waals surface area contributed by atoms with Gasteiger partial charge in [-0.15, -0.1) is 6.42 Å². The number of carbonyl (C=O) groups is 2. The summed E-state index contributed by atoms with van der Waals surface area (Å²) in [4.78, 5) is 25.3. The lowest BCUT2D eigenvalue weighted by molar-refractivity contribution is -0.149. The predicted octanol–water partition coefficient (Wildman–Crippen LogP) is 1.90. The summed E-state index contributed by atoms with van der Waals surface area (Å²) in [6.45, 7) is 4.41. The summed E-state index contributed by atoms with van der Waals surface area (Å²) in [6, 6.07) is 2.51. The number of aliphatic hydroxyl groups excluding tert-OH is 1. The highest BCUT2D eigenvalue weighted by Gasteiger charge is 2.57. The molecule has 0 aromatic heterocycles. The Hall–Kier alpha value is -2.53. The minimum atomic E-state index is -3.66. The molecular weight excluding hydrogens is 576 g/mol. The number of ether oxygens (including phenoxy) is 2. The molecule has 212 valence electrons. The normalized spacial score (nSPS) is 27.1. The Morgan fingerprint density at radius 3 is 2.77 bits per heavy atom. The predicted molar refractivity (Wildman–Crippen MR) is 143 cm³/mol. The van der Waals surface area contributed by atoms with E-state index in [1.165, 1.54) is 30.2 Å². The first kappa shape index (κ1) is 31.0. The number of benzene rings is 1. The summed E-state index contributed by atoms with van der Waals surface area (Å²) < 4.78 is 36.4. The van der Waals surface area contributed by atoms with Crippen LogP contribution in [-0.2, 0) is 35.4 Å². The Morgan fingerprint density at radius 2 is 2.18 bits per heavy atom. The largest absolute Gasteiger partial charge is 0.462 e. The number of nitrogens with zero attached hydrogens (tertiary/aromatic N) is 1. The monoisotopic (exact) mass is 603 g/mol. The average molecular weight is 604 g/mol. The third-order valence-corrected chi connectivity index (χ3v) is 8.30. The van der Waals surface area contributed by atoms with E-state index >= 15 is 0 Å². The molecule has 2 aliphatic heterocycles. The van der Waals surface area contributed by atoms with Crippen molar-refractivity contribution >= 4 is 41.9 Å². The minimum absolute atomic E-state index is 0.0399. The quantitative estimate of drug-likeness (QED) is 0.177. The van der Waals surface area contributed by atoms with Crippen LogP contribution in [0.3, 0.4) is 0 Å². The number of hydrogen-bond donors (Lipinski definition) is 4. The van der Waals surface area contributed by atoms with Gasteiger partial charge in [-0.05, 0) is 44.7 Å². The van der Waals surface area contributed by atoms with Crippen LogP contribution in [-0.4, -0.2) is 69.8 Å². The van der Waals surface area contributed by atoms with Gasteiger partial charge in [0.15, 0.2) is 11.8 Å². The zero-order valence-corrected chi connectivity index (χ0v) is 23.6. The number of hydrogen-bond acceptors (Lipinski definition) is 10. The van der Waals surface area contributed by atoms with Crippen molar-refractivity contribution in [2.45, 2.75) is 57.0 Å². The first-order chi connectivity index (χ1) is 18.2. The Bertz CT molecular complexity index is 1260. The fourth-order valence-electron chi connectivity index (χ4n) is 3.60. The fourth-order valence-corrected chi connectivity index (χ4v) is 6.18. The van der Waals surface area contributed by atoms with E-state index in [1.54, 1.807) is 13.8 Å². The fraction of sp³-hybridized carbons (Fsp3) is 0.417. The maximum absolute atomic E-state index is 13.7. The molecule has 0 radical (unpaired) electrons. The topological polar surface area (TPSA) is 139 Å². The van der Waals surface area contributed by atoms with Crippen LogP contribution >= 0.6 is 18.2 Å². The summed E-state index contributed by atoms with van der Waals surface area (Å²) >= 11 is 11.5. The van der Waals surface area contributed by atoms with Crippen LogP contribution in [0.1, 0.15) is 20.8 Å². The third kappa shape index (κ3) is 7.16. The Balaban J connectivity index is 1.83. The van der Waals surface area contributed by atoms with Crippen LogP contribution in [0.4, 0.5) is 4.39 Å². The van der Waals surface area contributed by atoms with Crippen molar-refractivity contribution in [3.63, 3.8) is 0 Å². The van der Waals surface area contributed by atoms with E-state index in [2.05, 4.69) is 22.9 Å². The molecule has 3 rings (SSSR count). The summed E-state index contributed by atoms with van der Waals surface area (Å²) in [5.41, 5.74) is -2.25. The summed E-state index contributed by atoms with van der Waals surface area (Å²) in [5.74, 6) is 0.448. The van der Waals surface area contributed by atoms with Gasteiger partial charge in [-0.25, -0.2) is 9.48 Å². The van der Waals surface area contributed by atoms with Gasteiger partial charge in [0.1, 0.15) is 35.6 Å². The van der Waals surface area contributed by atoms with Gasteiger partial charge in [0.05, 0.1) is 17.7 Å². The molecule has 0 saturated carbocycles. The van der Waals surface area contributed by atoms with Gasteiger partial charge in [0.25, 0.3) is 5.91 Å². The number of rotatable bonds is 10. The molecular formula is C24H28ClFN3O8PS. The minimum Gasteiger partial charge on any atom is -0.462 e. The number of amides is 1. The molecule has 15 heteroatoms. The van der Waals surface area contributed by atoms with Crippen LogP contribution in [0, 0.1) is 18.2 Å². The van der Waals surface area contributed by atoms with Gasteiger partial charge in [-0.2, -0.15) is 0 Å². The first-order valence-corrected chi connectivity index (χ1v) is 14.6. The lowest BCUT2D eigenvalue weighted by atomic mass is 9.94. The molecule has 0 bridgehead atoms. The van der Waals surface area contributed by atoms with Crippen molar-refractivity contribution in [3.8, 4) is 18.1 Å². The van der Waals surface area contributed by atoms with Crippen molar-refractivity contribution in [1.29, 1.82) is 0 Å². The highest BCUT2D eigenvalue weighted by atomic mass is 35.5. The van der Waals surface area contributed by atoms with Gasteiger partial charge in [0, 0.05) is 18.3 Å². The van der Waals surface area contributed by atoms with E-state index in [0.717, 1.165) is 12.1 Å². The molecule has 6 atom stereocenters. The van der Waals surface area contributed by atoms with E-state index in [0.29, 0.717) is 0 Å². The molecule has 11 nitrogen and oxygen atoms in total. The van der Waals surface area contributed by atoms with Crippen LogP contribution < -0.4 is 14.9 Å². The molecule has 0 spiro atoms. The second-order valence-electron chi connectivity index (χ2n) is 8.90. The zero-order chi connectivity index (χ0) is 29.1. The number of nitrogens with one attached hydrogen (secondary N) is 2. The number of carbonyl (C=O) groups excluding carboxylic acids is 2. The molecule has 2 heterocycles. The van der Waals surface area contributed by atoms with Gasteiger partial charge in [-0.3, -0.25) is 9.59 Å². The Kier molecular flexibility index (Phi) is 9.80. The molecule has 4 N–H and O–H groups in total. The molecule has 1 aromatic rings. The lowest BCUT2D eigenvalue weighted by Gasteiger charge is -2.36. The first-order valence-electron chi connectivity index (χ1n) is 11.6. The molecule has 39 heavy (non-hydrogen) atoms. The standard InChI is InChI=1S/C24H28ClFN3O8PS/c1-6-24(33)21(31)19(36-23(24)29-10-9-20(30)27-15(29)5)12-34-38(39,28-14(4)22(32)35-13(2)3)37-16-7-8-18(26)17(25)11-16/h1,7-11,13-14,19,21,23,31,33H,5,12H2,2-4H3,(H,27,30)(H,28,39)/t14?,19-,21-,23-,24-,38?/m1/s1. The van der Waals surface area contributed by atoms with Crippen LogP contribution in [0.15, 0.2) is 42.9 Å². The molecule has 2 unspecified atom stereocenters. The van der Waals surface area contributed by atoms with E-state index in [1.807, 2.05) is 0 Å². The average Bonchev–Trinajstić information content (AvgIpc) is 3.10. The van der Waals surface area contributed by atoms with E-state index in [-0.39, 0.29) is 16.6 Å². The van der Waals surface area contributed by atoms with Crippen LogP contribution in [0.25, 0.3) is 0 Å². The van der Waals surface area contributed by atoms with Crippen molar-refractivity contribution < 1.29 is 42.7 Å². The van der Waals surface area contributed by atoms with Crippen LogP contribution in [0.5, 0.6) is 5.75 Å². The van der Waals surface area contributed by atoms with Crippen LogP contribution in [0.2, 0.25) is 5.02 Å². The second kappa shape index (κ2) is 12.3. The highest BCUT2D eigenvalue weighted by Crippen LogP contribution is 2.47. The molecule has 0 aliphatic carbocycles. The Labute approximate surface area is 235 Å². The number of esters is 1. The third-order valence-electron chi connectivity index (χ3n) is 5.52. The van der Waals surface area contributed by atoms with Crippen molar-refractivity contribution in [1.82, 2.24) is 15.3 Å². The Morgan fingerprint density at radius 1 is 1.49 bits per heavy atom. The van der Waals surface area contributed by atoms with Crippen molar-refractivity contribution in [2.75, 3.05) is 6.61 Å². The smallest absolute Gasteiger partial charge is 0.323 e. The lowest BCUT2D eigenvalue weighted by Crippen LogP contribution is -2.54. The van der Waals surface area contributed by atoms with E-state index in [9.17, 15) is 24.2 Å². The van der Waals surface area contributed by atoms with Gasteiger partial charge < -0.3 is 39.0 Å². The maximum atomic E-state index is 13.7. The second-order valence-corrected chi connectivity index (χ2v) is 12.4. The number of terminal acetylenes is 1. The van der Waals surface area contributed by atoms with Gasteiger partial charge >= 0.3 is 12.6 Å². The molecule has 1 amide bonds. The summed E-state index contributed by atoms with van der Waals surface area (Å²) in [5, 5.41) is 27.0. The van der Waals surface area contributed by atoms with E-state index in [4.69, 9.17) is 48.4 Å².